The number of hydrogen-bond acceptors (Lipinski definition) is 6. The Morgan fingerprint density at radius 3 is 2.69 bits per heavy atom. The fourth-order valence-electron chi connectivity index (χ4n) is 7.79. The molecule has 2 bridgehead atoms. The lowest BCUT2D eigenvalue weighted by Gasteiger charge is -2.60. The lowest BCUT2D eigenvalue weighted by molar-refractivity contribution is -0.137. The van der Waals surface area contributed by atoms with Gasteiger partial charge < -0.3 is 19.5 Å². The molecule has 1 spiro atoms. The Labute approximate surface area is 241 Å². The SMILES string of the molecule is C=CCN1CC[C@]23c4c5c(OC(C)=O)cc(O)c4O[C@H]2[C@@H](N(C)C(=O)C#Cc2ccc(C(F)(F)F)cc2)CC[C@H]3[C@H]1C5. The van der Waals surface area contributed by atoms with Gasteiger partial charge in [-0.05, 0) is 62.4 Å². The van der Waals surface area contributed by atoms with Crippen molar-refractivity contribution in [2.24, 2.45) is 5.92 Å². The maximum atomic E-state index is 13.3. The number of rotatable bonds is 4. The van der Waals surface area contributed by atoms with Crippen LogP contribution in [0.25, 0.3) is 0 Å². The number of nitrogens with zero attached hydrogens (tertiary/aromatic N) is 2. The zero-order valence-electron chi connectivity index (χ0n) is 23.3. The van der Waals surface area contributed by atoms with Gasteiger partial charge >= 0.3 is 12.1 Å². The Hall–Kier alpha value is -3.97. The molecule has 42 heavy (non-hydrogen) atoms. The molecule has 2 aromatic carbocycles. The van der Waals surface area contributed by atoms with Crippen molar-refractivity contribution in [2.75, 3.05) is 20.1 Å². The summed E-state index contributed by atoms with van der Waals surface area (Å²) in [6.45, 7) is 6.76. The number of alkyl halides is 3. The summed E-state index contributed by atoms with van der Waals surface area (Å²) in [4.78, 5) is 29.2. The summed E-state index contributed by atoms with van der Waals surface area (Å²) < 4.78 is 50.9. The summed E-state index contributed by atoms with van der Waals surface area (Å²) in [6, 6.07) is 5.58. The minimum atomic E-state index is -4.45. The Morgan fingerprint density at radius 2 is 2.02 bits per heavy atom. The second kappa shape index (κ2) is 10.1. The fraction of sp³-hybridized carbons (Fsp3) is 0.438. The van der Waals surface area contributed by atoms with E-state index in [9.17, 15) is 27.9 Å². The number of hydrogen-bond donors (Lipinski definition) is 1. The number of likely N-dealkylation sites (tertiary alicyclic amines) is 1. The van der Waals surface area contributed by atoms with Gasteiger partial charge in [-0.25, -0.2) is 0 Å². The predicted molar refractivity (Wildman–Crippen MR) is 147 cm³/mol. The first-order valence-electron chi connectivity index (χ1n) is 14.0. The number of carbonyl (C=O) groups is 2. The quantitative estimate of drug-likeness (QED) is 0.250. The van der Waals surface area contributed by atoms with Gasteiger partial charge in [-0.3, -0.25) is 14.5 Å². The molecule has 2 aliphatic heterocycles. The molecule has 1 saturated heterocycles. The molecule has 220 valence electrons. The number of carbonyl (C=O) groups excluding carboxylic acids is 2. The molecule has 10 heteroatoms. The van der Waals surface area contributed by atoms with E-state index >= 15 is 0 Å². The summed E-state index contributed by atoms with van der Waals surface area (Å²) in [7, 11) is 1.66. The van der Waals surface area contributed by atoms with Gasteiger partial charge in [0.25, 0.3) is 5.91 Å². The Bertz CT molecular complexity index is 1530. The van der Waals surface area contributed by atoms with Crippen molar-refractivity contribution < 1.29 is 37.3 Å². The first-order chi connectivity index (χ1) is 20.0. The van der Waals surface area contributed by atoms with Gasteiger partial charge in [0.1, 0.15) is 11.9 Å². The predicted octanol–water partition coefficient (Wildman–Crippen LogP) is 4.44. The zero-order valence-corrected chi connectivity index (χ0v) is 23.3. The van der Waals surface area contributed by atoms with Crippen molar-refractivity contribution in [1.82, 2.24) is 9.80 Å². The number of likely N-dealkylation sites (N-methyl/N-ethyl adjacent to an activating group) is 1. The first-order valence-corrected chi connectivity index (χ1v) is 14.0. The van der Waals surface area contributed by atoms with Gasteiger partial charge in [0.2, 0.25) is 0 Å². The molecule has 5 atom stereocenters. The van der Waals surface area contributed by atoms with E-state index in [0.717, 1.165) is 42.6 Å². The maximum Gasteiger partial charge on any atom is 0.416 e. The Balaban J connectivity index is 1.35. The molecule has 1 saturated carbocycles. The van der Waals surface area contributed by atoms with Crippen LogP contribution in [-0.4, -0.2) is 65.1 Å². The van der Waals surface area contributed by atoms with Crippen LogP contribution in [0.4, 0.5) is 13.2 Å². The molecule has 2 aromatic rings. The van der Waals surface area contributed by atoms with Crippen LogP contribution in [0.1, 0.15) is 48.4 Å². The number of phenolic OH excluding ortho intramolecular Hbond substituents is 1. The van der Waals surface area contributed by atoms with Gasteiger partial charge in [0.15, 0.2) is 11.5 Å². The van der Waals surface area contributed by atoms with E-state index in [1.165, 1.54) is 25.1 Å². The minimum absolute atomic E-state index is 0.102. The number of amides is 1. The average Bonchev–Trinajstić information content (AvgIpc) is 3.28. The highest BCUT2D eigenvalue weighted by molar-refractivity contribution is 5.94. The maximum absolute atomic E-state index is 13.3. The number of esters is 1. The molecular weight excluding hydrogens is 549 g/mol. The lowest BCUT2D eigenvalue weighted by atomic mass is 9.51. The van der Waals surface area contributed by atoms with Gasteiger partial charge in [-0.1, -0.05) is 12.0 Å². The highest BCUT2D eigenvalue weighted by atomic mass is 19.4. The second-order valence-corrected chi connectivity index (χ2v) is 11.5. The third-order valence-corrected chi connectivity index (χ3v) is 9.45. The molecule has 2 fully saturated rings. The number of halogens is 3. The molecule has 4 aliphatic rings. The molecular formula is C32H31F3N2O5. The van der Waals surface area contributed by atoms with Crippen LogP contribution in [0.3, 0.4) is 0 Å². The van der Waals surface area contributed by atoms with Crippen molar-refractivity contribution in [3.05, 3.63) is 65.2 Å². The van der Waals surface area contributed by atoms with E-state index in [-0.39, 0.29) is 23.8 Å². The largest absolute Gasteiger partial charge is 0.504 e. The van der Waals surface area contributed by atoms with Crippen molar-refractivity contribution in [2.45, 2.75) is 62.4 Å². The summed E-state index contributed by atoms with van der Waals surface area (Å²) in [5.74, 6) is 5.13. The normalized spacial score (nSPS) is 27.2. The van der Waals surface area contributed by atoms with Crippen molar-refractivity contribution in [1.29, 1.82) is 0 Å². The molecule has 0 radical (unpaired) electrons. The van der Waals surface area contributed by atoms with Gasteiger partial charge in [-0.15, -0.1) is 6.58 Å². The van der Waals surface area contributed by atoms with Crippen LogP contribution < -0.4 is 9.47 Å². The fourth-order valence-corrected chi connectivity index (χ4v) is 7.79. The van der Waals surface area contributed by atoms with Crippen LogP contribution in [-0.2, 0) is 27.6 Å². The van der Waals surface area contributed by atoms with Crippen LogP contribution in [0, 0.1) is 17.8 Å². The molecule has 2 aliphatic carbocycles. The van der Waals surface area contributed by atoms with Crippen molar-refractivity contribution in [3.63, 3.8) is 0 Å². The van der Waals surface area contributed by atoms with Gasteiger partial charge in [-0.2, -0.15) is 13.2 Å². The monoisotopic (exact) mass is 580 g/mol. The molecule has 0 aromatic heterocycles. The van der Waals surface area contributed by atoms with Crippen molar-refractivity contribution >= 4 is 11.9 Å². The highest BCUT2D eigenvalue weighted by Crippen LogP contribution is 2.65. The van der Waals surface area contributed by atoms with E-state index < -0.39 is 35.1 Å². The third kappa shape index (κ3) is 4.33. The summed E-state index contributed by atoms with van der Waals surface area (Å²) in [6.07, 6.45) is -0.194. The minimum Gasteiger partial charge on any atom is -0.504 e. The van der Waals surface area contributed by atoms with Crippen LogP contribution in [0.2, 0.25) is 0 Å². The Morgan fingerprint density at radius 1 is 1.29 bits per heavy atom. The zero-order chi connectivity index (χ0) is 30.0. The summed E-state index contributed by atoms with van der Waals surface area (Å²) >= 11 is 0. The standard InChI is InChI=1S/C32H31F3N2O5/c1-4-14-37-15-13-31-22-10-11-23(36(3)27(40)12-7-19-5-8-20(9-6-19)32(33,34)35)30(31)42-29-25(39)17-26(41-18(2)38)21(28(29)31)16-24(22)37/h4-6,8-9,17,22-24,30,39H,1,10-11,13-16H2,2-3H3/t22-,23-,24+,30-,31-/m0/s1. The summed E-state index contributed by atoms with van der Waals surface area (Å²) in [5, 5.41) is 11.0. The van der Waals surface area contributed by atoms with E-state index in [4.69, 9.17) is 9.47 Å². The number of piperidine rings is 1. The molecule has 7 nitrogen and oxygen atoms in total. The highest BCUT2D eigenvalue weighted by Gasteiger charge is 2.67. The van der Waals surface area contributed by atoms with E-state index in [2.05, 4.69) is 23.3 Å². The third-order valence-electron chi connectivity index (χ3n) is 9.45. The number of benzene rings is 2. The smallest absolute Gasteiger partial charge is 0.416 e. The van der Waals surface area contributed by atoms with E-state index in [0.29, 0.717) is 36.4 Å². The van der Waals surface area contributed by atoms with Crippen LogP contribution >= 0.6 is 0 Å². The summed E-state index contributed by atoms with van der Waals surface area (Å²) in [5.41, 5.74) is 0.748. The van der Waals surface area contributed by atoms with Crippen LogP contribution in [0.15, 0.2) is 43.0 Å². The molecule has 1 amide bonds. The van der Waals surface area contributed by atoms with Crippen molar-refractivity contribution in [3.8, 4) is 29.1 Å². The van der Waals surface area contributed by atoms with Gasteiger partial charge in [0.05, 0.1) is 11.6 Å². The number of aromatic hydroxyl groups is 1. The Kier molecular flexibility index (Phi) is 6.76. The first kappa shape index (κ1) is 28.2. The second-order valence-electron chi connectivity index (χ2n) is 11.5. The topological polar surface area (TPSA) is 79.3 Å². The molecule has 0 unspecified atom stereocenters. The number of phenols is 1. The van der Waals surface area contributed by atoms with E-state index in [1.807, 2.05) is 6.08 Å². The van der Waals surface area contributed by atoms with Gasteiger partial charge in [0, 0.05) is 60.7 Å². The number of ether oxygens (including phenoxy) is 2. The molecule has 2 heterocycles. The van der Waals surface area contributed by atoms with Crippen LogP contribution in [0.5, 0.6) is 17.2 Å². The lowest BCUT2D eigenvalue weighted by Crippen LogP contribution is -2.68. The average molecular weight is 581 g/mol. The molecule has 6 rings (SSSR count). The van der Waals surface area contributed by atoms with E-state index in [1.54, 1.807) is 11.9 Å². The molecule has 1 N–H and O–H groups in total.